The van der Waals surface area contributed by atoms with E-state index in [9.17, 15) is 4.79 Å². The van der Waals surface area contributed by atoms with E-state index in [-0.39, 0.29) is 5.70 Å². The summed E-state index contributed by atoms with van der Waals surface area (Å²) in [5.74, 6) is -0.159. The summed E-state index contributed by atoms with van der Waals surface area (Å²) in [5, 5.41) is 2.65. The fourth-order valence-corrected chi connectivity index (χ4v) is 2.97. The number of cyclic esters (lactones) is 1. The predicted molar refractivity (Wildman–Crippen MR) is 92.4 cm³/mol. The molecule has 0 bridgehead atoms. The van der Waals surface area contributed by atoms with Crippen LogP contribution in [0, 0.1) is 0 Å². The number of aromatic nitrogens is 2. The maximum Gasteiger partial charge on any atom is 0.363 e. The first-order valence-corrected chi connectivity index (χ1v) is 8.12. The van der Waals surface area contributed by atoms with Gasteiger partial charge in [0, 0.05) is 17.1 Å². The number of pyridine rings is 1. The lowest BCUT2D eigenvalue weighted by molar-refractivity contribution is -0.129. The Labute approximate surface area is 142 Å². The Kier molecular flexibility index (Phi) is 3.72. The van der Waals surface area contributed by atoms with E-state index in [0.717, 1.165) is 16.3 Å². The van der Waals surface area contributed by atoms with Crippen molar-refractivity contribution in [2.45, 2.75) is 0 Å². The molecule has 0 atom stereocenters. The molecule has 5 nitrogen and oxygen atoms in total. The van der Waals surface area contributed by atoms with Gasteiger partial charge in [-0.1, -0.05) is 24.3 Å². The third kappa shape index (κ3) is 2.87. The number of carbonyl (C=O) groups excluding carboxylic acids is 1. The van der Waals surface area contributed by atoms with E-state index in [1.807, 2.05) is 53.9 Å². The number of hydrogen-bond acceptors (Lipinski definition) is 6. The van der Waals surface area contributed by atoms with Gasteiger partial charge in [-0.15, -0.1) is 11.3 Å². The molecule has 0 saturated carbocycles. The molecule has 3 aromatic rings. The fourth-order valence-electron chi connectivity index (χ4n) is 2.21. The van der Waals surface area contributed by atoms with E-state index in [0.29, 0.717) is 11.6 Å². The van der Waals surface area contributed by atoms with Crippen LogP contribution < -0.4 is 0 Å². The lowest BCUT2D eigenvalue weighted by Crippen LogP contribution is -2.04. The molecule has 0 spiro atoms. The van der Waals surface area contributed by atoms with Crippen LogP contribution >= 0.6 is 11.3 Å². The summed E-state index contributed by atoms with van der Waals surface area (Å²) in [6.07, 6.45) is 3.35. The van der Waals surface area contributed by atoms with Gasteiger partial charge in [0.15, 0.2) is 5.70 Å². The number of benzene rings is 1. The second-order valence-corrected chi connectivity index (χ2v) is 5.85. The molecule has 0 aliphatic carbocycles. The molecule has 2 aromatic heterocycles. The van der Waals surface area contributed by atoms with Crippen molar-refractivity contribution in [3.05, 3.63) is 77.1 Å². The van der Waals surface area contributed by atoms with Crippen LogP contribution in [0.15, 0.2) is 70.8 Å². The van der Waals surface area contributed by atoms with Gasteiger partial charge in [0.1, 0.15) is 5.01 Å². The highest BCUT2D eigenvalue weighted by molar-refractivity contribution is 7.13. The fraction of sp³-hybridized carbons (Fsp3) is 0. The van der Waals surface area contributed by atoms with Gasteiger partial charge in [0.05, 0.1) is 11.4 Å². The highest BCUT2D eigenvalue weighted by Gasteiger charge is 2.24. The van der Waals surface area contributed by atoms with Crippen molar-refractivity contribution in [3.8, 4) is 10.7 Å². The highest BCUT2D eigenvalue weighted by atomic mass is 32.1. The molecule has 0 radical (unpaired) electrons. The van der Waals surface area contributed by atoms with Gasteiger partial charge in [-0.05, 0) is 30.3 Å². The summed E-state index contributed by atoms with van der Waals surface area (Å²) < 4.78 is 5.23. The first-order chi connectivity index (χ1) is 11.8. The summed E-state index contributed by atoms with van der Waals surface area (Å²) in [5.41, 5.74) is 2.47. The number of rotatable bonds is 3. The van der Waals surface area contributed by atoms with Crippen molar-refractivity contribution in [2.75, 3.05) is 0 Å². The number of esters is 1. The smallest absolute Gasteiger partial charge is 0.363 e. The molecule has 0 unspecified atom stereocenters. The molecule has 1 aliphatic rings. The lowest BCUT2D eigenvalue weighted by Gasteiger charge is -1.97. The third-order valence-electron chi connectivity index (χ3n) is 3.33. The average molecular weight is 333 g/mol. The van der Waals surface area contributed by atoms with Crippen molar-refractivity contribution in [1.29, 1.82) is 0 Å². The number of hydrogen-bond donors (Lipinski definition) is 0. The minimum atomic E-state index is -0.471. The average Bonchev–Trinajstić information content (AvgIpc) is 3.24. The Hall–Kier alpha value is -3.12. The maximum absolute atomic E-state index is 12.0. The zero-order valence-electron chi connectivity index (χ0n) is 12.4. The van der Waals surface area contributed by atoms with E-state index in [2.05, 4.69) is 15.0 Å². The van der Waals surface area contributed by atoms with Gasteiger partial charge in [0.2, 0.25) is 5.90 Å². The van der Waals surface area contributed by atoms with Gasteiger partial charge >= 0.3 is 5.97 Å². The second kappa shape index (κ2) is 6.17. The summed E-state index contributed by atoms with van der Waals surface area (Å²) in [6.45, 7) is 0. The Morgan fingerprint density at radius 2 is 1.88 bits per heavy atom. The number of aliphatic imine (C=N–C) groups is 1. The maximum atomic E-state index is 12.0. The molecular weight excluding hydrogens is 322 g/mol. The Balaban J connectivity index is 1.63. The molecule has 4 rings (SSSR count). The summed E-state index contributed by atoms with van der Waals surface area (Å²) >= 11 is 1.47. The second-order valence-electron chi connectivity index (χ2n) is 4.99. The first-order valence-electron chi connectivity index (χ1n) is 7.24. The zero-order valence-corrected chi connectivity index (χ0v) is 13.2. The predicted octanol–water partition coefficient (Wildman–Crippen LogP) is 3.55. The quantitative estimate of drug-likeness (QED) is 0.543. The van der Waals surface area contributed by atoms with Gasteiger partial charge in [-0.2, -0.15) is 0 Å². The summed E-state index contributed by atoms with van der Waals surface area (Å²) in [4.78, 5) is 25.0. The van der Waals surface area contributed by atoms with E-state index in [4.69, 9.17) is 4.74 Å². The SMILES string of the molecule is O=C1OC(c2ccccc2)=NC1=Cc1csc(-c2ccccn2)n1. The minimum absolute atomic E-state index is 0.242. The lowest BCUT2D eigenvalue weighted by atomic mass is 10.2. The molecule has 1 aromatic carbocycles. The van der Waals surface area contributed by atoms with Crippen LogP contribution in [0.25, 0.3) is 16.8 Å². The van der Waals surface area contributed by atoms with Gasteiger partial charge in [0.25, 0.3) is 0 Å². The van der Waals surface area contributed by atoms with E-state index >= 15 is 0 Å². The van der Waals surface area contributed by atoms with Crippen LogP contribution in [-0.2, 0) is 9.53 Å². The monoisotopic (exact) mass is 333 g/mol. The summed E-state index contributed by atoms with van der Waals surface area (Å²) in [7, 11) is 0. The van der Waals surface area contributed by atoms with Crippen molar-refractivity contribution in [2.24, 2.45) is 4.99 Å². The van der Waals surface area contributed by atoms with Gasteiger partial charge < -0.3 is 4.74 Å². The number of nitrogens with zero attached hydrogens (tertiary/aromatic N) is 3. The molecule has 0 amide bonds. The molecule has 24 heavy (non-hydrogen) atoms. The van der Waals surface area contributed by atoms with Crippen LogP contribution in [0.4, 0.5) is 0 Å². The van der Waals surface area contributed by atoms with Crippen molar-refractivity contribution >= 4 is 29.3 Å². The highest BCUT2D eigenvalue weighted by Crippen LogP contribution is 2.24. The van der Waals surface area contributed by atoms with E-state index in [1.54, 1.807) is 12.3 Å². The zero-order chi connectivity index (χ0) is 16.4. The van der Waals surface area contributed by atoms with Gasteiger partial charge in [-0.25, -0.2) is 14.8 Å². The van der Waals surface area contributed by atoms with Crippen molar-refractivity contribution < 1.29 is 9.53 Å². The molecule has 1 aliphatic heterocycles. The normalized spacial score (nSPS) is 15.4. The molecular formula is C18H11N3O2S. The number of ether oxygens (including phenoxy) is 1. The van der Waals surface area contributed by atoms with E-state index < -0.39 is 5.97 Å². The van der Waals surface area contributed by atoms with Crippen LogP contribution in [0.2, 0.25) is 0 Å². The Bertz CT molecular complexity index is 947. The van der Waals surface area contributed by atoms with Crippen LogP contribution in [-0.4, -0.2) is 21.8 Å². The molecule has 116 valence electrons. The van der Waals surface area contributed by atoms with Gasteiger partial charge in [-0.3, -0.25) is 4.98 Å². The van der Waals surface area contributed by atoms with Crippen molar-refractivity contribution in [3.63, 3.8) is 0 Å². The Morgan fingerprint density at radius 1 is 1.04 bits per heavy atom. The molecule has 6 heteroatoms. The van der Waals surface area contributed by atoms with Crippen LogP contribution in [0.1, 0.15) is 11.3 Å². The topological polar surface area (TPSA) is 64.4 Å². The van der Waals surface area contributed by atoms with Crippen LogP contribution in [0.3, 0.4) is 0 Å². The van der Waals surface area contributed by atoms with Crippen molar-refractivity contribution in [1.82, 2.24) is 9.97 Å². The molecule has 3 heterocycles. The number of carbonyl (C=O) groups is 1. The summed E-state index contributed by atoms with van der Waals surface area (Å²) in [6, 6.07) is 15.0. The largest absolute Gasteiger partial charge is 0.402 e. The molecule has 0 N–H and O–H groups in total. The standard InChI is InChI=1S/C18H11N3O2S/c22-18-15(21-16(23-18)12-6-2-1-3-7-12)10-13-11-24-17(20-13)14-8-4-5-9-19-14/h1-11H. The Morgan fingerprint density at radius 3 is 2.67 bits per heavy atom. The minimum Gasteiger partial charge on any atom is -0.402 e. The molecule has 0 fully saturated rings. The molecule has 0 saturated heterocycles. The van der Waals surface area contributed by atoms with Crippen LogP contribution in [0.5, 0.6) is 0 Å². The van der Waals surface area contributed by atoms with E-state index in [1.165, 1.54) is 11.3 Å². The third-order valence-corrected chi connectivity index (χ3v) is 4.21. The number of thiazole rings is 1. The first kappa shape index (κ1) is 14.5.